The summed E-state index contributed by atoms with van der Waals surface area (Å²) in [4.78, 5) is 14.6. The Balaban J connectivity index is 0.00000161. The Bertz CT molecular complexity index is 486. The van der Waals surface area contributed by atoms with Gasteiger partial charge >= 0.3 is 0 Å². The van der Waals surface area contributed by atoms with Crippen LogP contribution in [0.2, 0.25) is 0 Å². The van der Waals surface area contributed by atoms with Gasteiger partial charge in [0.05, 0.1) is 0 Å². The molecule has 1 saturated heterocycles. The highest BCUT2D eigenvalue weighted by Crippen LogP contribution is 2.31. The number of hydrogen-bond donors (Lipinski definition) is 0. The van der Waals surface area contributed by atoms with Crippen molar-refractivity contribution in [1.82, 2.24) is 4.90 Å². The zero-order valence-corrected chi connectivity index (χ0v) is 13.0. The molecule has 1 aromatic rings. The van der Waals surface area contributed by atoms with E-state index in [1.807, 2.05) is 18.2 Å². The van der Waals surface area contributed by atoms with Gasteiger partial charge in [-0.25, -0.2) is 0 Å². The number of piperidine rings is 1. The van der Waals surface area contributed by atoms with Crippen LogP contribution in [0.3, 0.4) is 0 Å². The lowest BCUT2D eigenvalue weighted by molar-refractivity contribution is 0.0957. The SMILES string of the molecule is Cl.O=C(CCN1CCCCC1)c1ccc2c(c1)OCCO2. The van der Waals surface area contributed by atoms with Crippen molar-refractivity contribution in [2.45, 2.75) is 25.7 Å². The lowest BCUT2D eigenvalue weighted by Gasteiger charge is -2.26. The number of likely N-dealkylation sites (tertiary alicyclic amines) is 1. The first kappa shape index (κ1) is 16.1. The molecule has 1 aromatic carbocycles. The molecular weight excluding hydrogens is 290 g/mol. The summed E-state index contributed by atoms with van der Waals surface area (Å²) in [7, 11) is 0. The first-order valence-electron chi connectivity index (χ1n) is 7.48. The minimum Gasteiger partial charge on any atom is -0.486 e. The molecular formula is C16H22ClNO3. The maximum atomic E-state index is 12.3. The van der Waals surface area contributed by atoms with Crippen molar-refractivity contribution in [3.05, 3.63) is 23.8 Å². The Labute approximate surface area is 131 Å². The number of hydrogen-bond acceptors (Lipinski definition) is 4. The van der Waals surface area contributed by atoms with Crippen molar-refractivity contribution in [3.8, 4) is 11.5 Å². The van der Waals surface area contributed by atoms with Crippen LogP contribution in [0.4, 0.5) is 0 Å². The van der Waals surface area contributed by atoms with Gasteiger partial charge in [0.15, 0.2) is 17.3 Å². The highest BCUT2D eigenvalue weighted by Gasteiger charge is 2.16. The molecule has 2 aliphatic heterocycles. The molecule has 0 amide bonds. The first-order valence-corrected chi connectivity index (χ1v) is 7.48. The maximum absolute atomic E-state index is 12.3. The second-order valence-corrected chi connectivity index (χ2v) is 5.43. The summed E-state index contributed by atoms with van der Waals surface area (Å²) in [5.74, 6) is 1.62. The molecule has 3 rings (SSSR count). The number of Topliss-reactive ketones (excluding diaryl/α,β-unsaturated/α-hetero) is 1. The van der Waals surface area contributed by atoms with Gasteiger partial charge in [-0.3, -0.25) is 4.79 Å². The summed E-state index contributed by atoms with van der Waals surface area (Å²) in [5, 5.41) is 0. The fraction of sp³-hybridized carbons (Fsp3) is 0.562. The Morgan fingerprint density at radius 1 is 1.05 bits per heavy atom. The standard InChI is InChI=1S/C16H21NO3.ClH/c18-14(6-9-17-7-2-1-3-8-17)13-4-5-15-16(12-13)20-11-10-19-15;/h4-5,12H,1-3,6-11H2;1H. The predicted molar refractivity (Wildman–Crippen MR) is 83.9 cm³/mol. The van der Waals surface area contributed by atoms with E-state index in [-0.39, 0.29) is 18.2 Å². The van der Waals surface area contributed by atoms with E-state index in [0.717, 1.165) is 30.9 Å². The van der Waals surface area contributed by atoms with Crippen LogP contribution in [-0.2, 0) is 0 Å². The molecule has 116 valence electrons. The molecule has 4 nitrogen and oxygen atoms in total. The van der Waals surface area contributed by atoms with Crippen LogP contribution in [0.25, 0.3) is 0 Å². The Morgan fingerprint density at radius 3 is 2.52 bits per heavy atom. The van der Waals surface area contributed by atoms with Gasteiger partial charge in [-0.05, 0) is 44.1 Å². The first-order chi connectivity index (χ1) is 9.83. The third-order valence-corrected chi connectivity index (χ3v) is 3.97. The summed E-state index contributed by atoms with van der Waals surface area (Å²) in [5.41, 5.74) is 0.728. The van der Waals surface area contributed by atoms with Gasteiger partial charge in [0.2, 0.25) is 0 Å². The normalized spacial score (nSPS) is 17.9. The van der Waals surface area contributed by atoms with Crippen molar-refractivity contribution in [2.24, 2.45) is 0 Å². The average Bonchev–Trinajstić information content (AvgIpc) is 2.53. The van der Waals surface area contributed by atoms with Crippen LogP contribution < -0.4 is 9.47 Å². The van der Waals surface area contributed by atoms with Gasteiger partial charge in [0.1, 0.15) is 13.2 Å². The van der Waals surface area contributed by atoms with E-state index in [1.54, 1.807) is 0 Å². The van der Waals surface area contributed by atoms with E-state index >= 15 is 0 Å². The topological polar surface area (TPSA) is 38.8 Å². The van der Waals surface area contributed by atoms with Gasteiger partial charge in [-0.1, -0.05) is 6.42 Å². The molecule has 1 fully saturated rings. The zero-order chi connectivity index (χ0) is 13.8. The average molecular weight is 312 g/mol. The molecule has 0 bridgehead atoms. The Hall–Kier alpha value is -1.26. The lowest BCUT2D eigenvalue weighted by atomic mass is 10.1. The molecule has 0 spiro atoms. The van der Waals surface area contributed by atoms with Gasteiger partial charge in [0, 0.05) is 18.5 Å². The Kier molecular flexibility index (Phi) is 5.88. The van der Waals surface area contributed by atoms with E-state index in [2.05, 4.69) is 4.90 Å². The van der Waals surface area contributed by atoms with Crippen LogP contribution in [0, 0.1) is 0 Å². The molecule has 0 saturated carbocycles. The second kappa shape index (κ2) is 7.66. The van der Waals surface area contributed by atoms with Crippen LogP contribution in [0.15, 0.2) is 18.2 Å². The number of fused-ring (bicyclic) bond motifs is 1. The highest BCUT2D eigenvalue weighted by atomic mass is 35.5. The predicted octanol–water partition coefficient (Wildman–Crippen LogP) is 2.94. The highest BCUT2D eigenvalue weighted by molar-refractivity contribution is 5.96. The summed E-state index contributed by atoms with van der Waals surface area (Å²) < 4.78 is 11.0. The fourth-order valence-electron chi connectivity index (χ4n) is 2.80. The molecule has 5 heteroatoms. The molecule has 0 radical (unpaired) electrons. The summed E-state index contributed by atoms with van der Waals surface area (Å²) in [6.07, 6.45) is 4.43. The Morgan fingerprint density at radius 2 is 1.76 bits per heavy atom. The number of ether oxygens (including phenoxy) is 2. The van der Waals surface area contributed by atoms with Crippen molar-refractivity contribution >= 4 is 18.2 Å². The van der Waals surface area contributed by atoms with E-state index in [9.17, 15) is 4.79 Å². The minimum atomic E-state index is 0. The van der Waals surface area contributed by atoms with Gasteiger partial charge < -0.3 is 14.4 Å². The van der Waals surface area contributed by atoms with Crippen LogP contribution in [0.5, 0.6) is 11.5 Å². The van der Waals surface area contributed by atoms with E-state index < -0.39 is 0 Å². The number of carbonyl (C=O) groups excluding carboxylic acids is 1. The molecule has 0 N–H and O–H groups in total. The quantitative estimate of drug-likeness (QED) is 0.801. The molecule has 0 aromatic heterocycles. The van der Waals surface area contributed by atoms with E-state index in [4.69, 9.17) is 9.47 Å². The van der Waals surface area contributed by atoms with Crippen LogP contribution in [0.1, 0.15) is 36.0 Å². The molecule has 2 heterocycles. The number of carbonyl (C=O) groups is 1. The molecule has 0 aliphatic carbocycles. The van der Waals surface area contributed by atoms with Crippen molar-refractivity contribution in [2.75, 3.05) is 32.8 Å². The number of halogens is 1. The van der Waals surface area contributed by atoms with E-state index in [0.29, 0.717) is 25.4 Å². The van der Waals surface area contributed by atoms with Gasteiger partial charge in [0.25, 0.3) is 0 Å². The minimum absolute atomic E-state index is 0. The summed E-state index contributed by atoms with van der Waals surface area (Å²) in [6, 6.07) is 5.49. The monoisotopic (exact) mass is 311 g/mol. The summed E-state index contributed by atoms with van der Waals surface area (Å²) in [6.45, 7) is 4.27. The molecule has 21 heavy (non-hydrogen) atoms. The number of benzene rings is 1. The third-order valence-electron chi connectivity index (χ3n) is 3.97. The lowest BCUT2D eigenvalue weighted by Crippen LogP contribution is -2.31. The van der Waals surface area contributed by atoms with Crippen molar-refractivity contribution < 1.29 is 14.3 Å². The second-order valence-electron chi connectivity index (χ2n) is 5.43. The molecule has 0 atom stereocenters. The van der Waals surface area contributed by atoms with Crippen LogP contribution >= 0.6 is 12.4 Å². The maximum Gasteiger partial charge on any atom is 0.164 e. The fourth-order valence-corrected chi connectivity index (χ4v) is 2.80. The van der Waals surface area contributed by atoms with Gasteiger partial charge in [-0.2, -0.15) is 0 Å². The largest absolute Gasteiger partial charge is 0.486 e. The number of ketones is 1. The summed E-state index contributed by atoms with van der Waals surface area (Å²) >= 11 is 0. The van der Waals surface area contributed by atoms with E-state index in [1.165, 1.54) is 19.3 Å². The van der Waals surface area contributed by atoms with Crippen molar-refractivity contribution in [1.29, 1.82) is 0 Å². The smallest absolute Gasteiger partial charge is 0.164 e. The van der Waals surface area contributed by atoms with Gasteiger partial charge in [-0.15, -0.1) is 12.4 Å². The molecule has 2 aliphatic rings. The molecule has 0 unspecified atom stereocenters. The van der Waals surface area contributed by atoms with Crippen molar-refractivity contribution in [3.63, 3.8) is 0 Å². The number of nitrogens with zero attached hydrogens (tertiary/aromatic N) is 1. The number of rotatable bonds is 4. The van der Waals surface area contributed by atoms with Crippen LogP contribution in [-0.4, -0.2) is 43.5 Å². The third kappa shape index (κ3) is 4.11. The zero-order valence-electron chi connectivity index (χ0n) is 12.2.